The van der Waals surface area contributed by atoms with Crippen LogP contribution in [0.5, 0.6) is 0 Å². The predicted octanol–water partition coefficient (Wildman–Crippen LogP) is 5.98. The van der Waals surface area contributed by atoms with Crippen LogP contribution in [-0.4, -0.2) is 17.6 Å². The molecule has 3 aromatic carbocycles. The molecule has 0 bridgehead atoms. The first-order valence-electron chi connectivity index (χ1n) is 10.1. The van der Waals surface area contributed by atoms with Crippen molar-refractivity contribution in [3.8, 4) is 0 Å². The first-order valence-corrected chi connectivity index (χ1v) is 11.2. The van der Waals surface area contributed by atoms with Crippen molar-refractivity contribution in [1.29, 1.82) is 0 Å². The molecule has 0 unspecified atom stereocenters. The van der Waals surface area contributed by atoms with E-state index in [1.54, 1.807) is 17.8 Å². The number of hydrogen-bond acceptors (Lipinski definition) is 3. The van der Waals surface area contributed by atoms with Gasteiger partial charge in [-0.1, -0.05) is 44.2 Å². The lowest BCUT2D eigenvalue weighted by Gasteiger charge is -2.28. The Morgan fingerprint density at radius 1 is 1.06 bits per heavy atom. The van der Waals surface area contributed by atoms with Crippen molar-refractivity contribution in [1.82, 2.24) is 0 Å². The maximum atomic E-state index is 13.1. The third-order valence-corrected chi connectivity index (χ3v) is 6.43. The van der Waals surface area contributed by atoms with Crippen molar-refractivity contribution in [2.45, 2.75) is 25.1 Å². The highest BCUT2D eigenvalue weighted by Gasteiger charge is 2.35. The second-order valence-electron chi connectivity index (χ2n) is 7.73. The van der Waals surface area contributed by atoms with Crippen molar-refractivity contribution in [3.63, 3.8) is 0 Å². The van der Waals surface area contributed by atoms with Gasteiger partial charge in [-0.25, -0.2) is 4.39 Å². The largest absolute Gasteiger partial charge is 0.322 e. The maximum absolute atomic E-state index is 13.1. The van der Waals surface area contributed by atoms with E-state index in [2.05, 4.69) is 25.2 Å². The summed E-state index contributed by atoms with van der Waals surface area (Å²) in [5.41, 5.74) is 4.00. The van der Waals surface area contributed by atoms with Crippen LogP contribution in [0.25, 0.3) is 0 Å². The minimum absolute atomic E-state index is 0.0730. The highest BCUT2D eigenvalue weighted by Crippen LogP contribution is 2.44. The van der Waals surface area contributed by atoms with Gasteiger partial charge >= 0.3 is 0 Å². The summed E-state index contributed by atoms with van der Waals surface area (Å²) in [6.45, 7) is 4.24. The third-order valence-electron chi connectivity index (χ3n) is 5.22. The van der Waals surface area contributed by atoms with Crippen molar-refractivity contribution in [3.05, 3.63) is 95.3 Å². The number of nitrogens with one attached hydrogen (secondary N) is 1. The summed E-state index contributed by atoms with van der Waals surface area (Å²) in [6, 6.07) is 20.9. The van der Waals surface area contributed by atoms with Gasteiger partial charge in [0.15, 0.2) is 0 Å². The van der Waals surface area contributed by atoms with Gasteiger partial charge in [-0.3, -0.25) is 14.5 Å². The van der Waals surface area contributed by atoms with Crippen LogP contribution in [0.2, 0.25) is 0 Å². The molecule has 4 nitrogen and oxygen atoms in total. The molecule has 0 saturated carbocycles. The number of carbonyl (C=O) groups is 2. The molecule has 1 N–H and O–H groups in total. The van der Waals surface area contributed by atoms with Crippen LogP contribution in [0, 0.1) is 5.82 Å². The molecule has 1 aliphatic rings. The zero-order chi connectivity index (χ0) is 22.0. The van der Waals surface area contributed by atoms with E-state index in [-0.39, 0.29) is 28.9 Å². The van der Waals surface area contributed by atoms with E-state index in [0.717, 1.165) is 16.8 Å². The van der Waals surface area contributed by atoms with E-state index in [0.29, 0.717) is 17.0 Å². The summed E-state index contributed by atoms with van der Waals surface area (Å²) in [7, 11) is 0. The summed E-state index contributed by atoms with van der Waals surface area (Å²) < 4.78 is 13.1. The van der Waals surface area contributed by atoms with E-state index < -0.39 is 0 Å². The standard InChI is InChI=1S/C25H23FN2O2S/c1-16(2)21-8-3-4-9-22(21)28-23(29)15-31-25(28)18-6-5-7-20(14-18)27-24(30)17-10-12-19(26)13-11-17/h3-14,16,25H,15H2,1-2H3,(H,27,30)/t25-/m0/s1. The fourth-order valence-corrected chi connectivity index (χ4v) is 4.86. The topological polar surface area (TPSA) is 49.4 Å². The van der Waals surface area contributed by atoms with Gasteiger partial charge in [-0.15, -0.1) is 11.8 Å². The second-order valence-corrected chi connectivity index (χ2v) is 8.80. The normalized spacial score (nSPS) is 16.1. The number of benzene rings is 3. The van der Waals surface area contributed by atoms with Gasteiger partial charge in [0.25, 0.3) is 5.91 Å². The first-order chi connectivity index (χ1) is 14.9. The number of thioether (sulfide) groups is 1. The Morgan fingerprint density at radius 3 is 2.55 bits per heavy atom. The number of carbonyl (C=O) groups excluding carboxylic acids is 2. The van der Waals surface area contributed by atoms with Crippen LogP contribution in [-0.2, 0) is 4.79 Å². The van der Waals surface area contributed by atoms with E-state index in [1.807, 2.05) is 41.3 Å². The Balaban J connectivity index is 1.61. The number of amides is 2. The van der Waals surface area contributed by atoms with Crippen molar-refractivity contribution >= 4 is 35.0 Å². The smallest absolute Gasteiger partial charge is 0.255 e. The van der Waals surface area contributed by atoms with Crippen LogP contribution in [0.15, 0.2) is 72.8 Å². The van der Waals surface area contributed by atoms with Gasteiger partial charge in [-0.2, -0.15) is 0 Å². The Hall–Kier alpha value is -3.12. The molecule has 0 aliphatic carbocycles. The molecule has 3 aromatic rings. The Labute approximate surface area is 185 Å². The lowest BCUT2D eigenvalue weighted by molar-refractivity contribution is -0.115. The number of rotatable bonds is 5. The number of anilines is 2. The molecular formula is C25H23FN2O2S. The molecule has 158 valence electrons. The van der Waals surface area contributed by atoms with Crippen molar-refractivity contribution in [2.75, 3.05) is 16.0 Å². The van der Waals surface area contributed by atoms with Crippen molar-refractivity contribution in [2.24, 2.45) is 0 Å². The zero-order valence-electron chi connectivity index (χ0n) is 17.3. The Bertz CT molecular complexity index is 1110. The molecule has 1 heterocycles. The van der Waals surface area contributed by atoms with Crippen molar-refractivity contribution < 1.29 is 14.0 Å². The summed E-state index contributed by atoms with van der Waals surface area (Å²) >= 11 is 1.57. The fourth-order valence-electron chi connectivity index (χ4n) is 3.70. The lowest BCUT2D eigenvalue weighted by Crippen LogP contribution is -2.29. The lowest BCUT2D eigenvalue weighted by atomic mass is 10.00. The first kappa shape index (κ1) is 21.1. The third kappa shape index (κ3) is 4.49. The average molecular weight is 435 g/mol. The van der Waals surface area contributed by atoms with E-state index in [9.17, 15) is 14.0 Å². The molecule has 0 spiro atoms. The molecular weight excluding hydrogens is 411 g/mol. The highest BCUT2D eigenvalue weighted by atomic mass is 32.2. The molecule has 6 heteroatoms. The summed E-state index contributed by atoms with van der Waals surface area (Å²) in [5, 5.41) is 2.69. The van der Waals surface area contributed by atoms with Gasteiger partial charge < -0.3 is 5.32 Å². The minimum Gasteiger partial charge on any atom is -0.322 e. The molecule has 1 aliphatic heterocycles. The van der Waals surface area contributed by atoms with Gasteiger partial charge in [0.05, 0.1) is 5.75 Å². The summed E-state index contributed by atoms with van der Waals surface area (Å²) in [4.78, 5) is 27.2. The Kier molecular flexibility index (Phi) is 6.09. The van der Waals surface area contributed by atoms with Crippen LogP contribution in [0.4, 0.5) is 15.8 Å². The van der Waals surface area contributed by atoms with Crippen LogP contribution in [0.1, 0.15) is 46.6 Å². The SMILES string of the molecule is CC(C)c1ccccc1N1C(=O)CS[C@H]1c1cccc(NC(=O)c2ccc(F)cc2)c1. The summed E-state index contributed by atoms with van der Waals surface area (Å²) in [5.74, 6) is 0.0708. The molecule has 1 fully saturated rings. The van der Waals surface area contributed by atoms with Gasteiger partial charge in [0.1, 0.15) is 11.2 Å². The second kappa shape index (κ2) is 8.94. The van der Waals surface area contributed by atoms with Gasteiger partial charge in [-0.05, 0) is 59.5 Å². The number of hydrogen-bond donors (Lipinski definition) is 1. The van der Waals surface area contributed by atoms with Crippen LogP contribution in [0.3, 0.4) is 0 Å². The van der Waals surface area contributed by atoms with Crippen LogP contribution >= 0.6 is 11.8 Å². The molecule has 1 saturated heterocycles. The van der Waals surface area contributed by atoms with E-state index in [1.165, 1.54) is 24.3 Å². The molecule has 0 aromatic heterocycles. The summed E-state index contributed by atoms with van der Waals surface area (Å²) in [6.07, 6.45) is 0. The molecule has 0 radical (unpaired) electrons. The van der Waals surface area contributed by atoms with E-state index in [4.69, 9.17) is 0 Å². The number of nitrogens with zero attached hydrogens (tertiary/aromatic N) is 1. The number of halogens is 1. The van der Waals surface area contributed by atoms with Gasteiger partial charge in [0, 0.05) is 16.9 Å². The maximum Gasteiger partial charge on any atom is 0.255 e. The molecule has 4 rings (SSSR count). The number of para-hydroxylation sites is 1. The monoisotopic (exact) mass is 434 g/mol. The highest BCUT2D eigenvalue weighted by molar-refractivity contribution is 8.00. The zero-order valence-corrected chi connectivity index (χ0v) is 18.2. The van der Waals surface area contributed by atoms with Crippen LogP contribution < -0.4 is 10.2 Å². The predicted molar refractivity (Wildman–Crippen MR) is 124 cm³/mol. The van der Waals surface area contributed by atoms with Gasteiger partial charge in [0.2, 0.25) is 5.91 Å². The minimum atomic E-state index is -0.386. The Morgan fingerprint density at radius 2 is 1.81 bits per heavy atom. The average Bonchev–Trinajstić information content (AvgIpc) is 3.15. The molecule has 1 atom stereocenters. The quantitative estimate of drug-likeness (QED) is 0.537. The molecule has 31 heavy (non-hydrogen) atoms. The fraction of sp³-hybridized carbons (Fsp3) is 0.200. The molecule has 2 amide bonds. The van der Waals surface area contributed by atoms with E-state index >= 15 is 0 Å².